The molecule has 1 fully saturated rings. The van der Waals surface area contributed by atoms with E-state index in [-0.39, 0.29) is 11.8 Å². The standard InChI is InChI=1S/C20H30N2O3/c1-3-5-19(23)21-14-17-6-4-13-22(15-17)20(24)12-9-16-7-10-18(25-2)11-8-16/h7-8,10-11,17H,3-6,9,12-15H2,1-2H3,(H,21,23)/t17-/m0/s1. The monoisotopic (exact) mass is 346 g/mol. The van der Waals surface area contributed by atoms with E-state index < -0.39 is 0 Å². The van der Waals surface area contributed by atoms with E-state index >= 15 is 0 Å². The molecule has 0 unspecified atom stereocenters. The van der Waals surface area contributed by atoms with Gasteiger partial charge in [-0.1, -0.05) is 19.1 Å². The Labute approximate surface area is 150 Å². The number of nitrogens with zero attached hydrogens (tertiary/aromatic N) is 1. The number of hydrogen-bond acceptors (Lipinski definition) is 3. The lowest BCUT2D eigenvalue weighted by Crippen LogP contribution is -2.43. The van der Waals surface area contributed by atoms with E-state index in [1.54, 1.807) is 7.11 Å². The summed E-state index contributed by atoms with van der Waals surface area (Å²) in [6.07, 6.45) is 4.82. The predicted molar refractivity (Wildman–Crippen MR) is 98.5 cm³/mol. The molecule has 0 bridgehead atoms. The molecule has 5 heteroatoms. The highest BCUT2D eigenvalue weighted by molar-refractivity contribution is 5.77. The minimum Gasteiger partial charge on any atom is -0.497 e. The number of aryl methyl sites for hydroxylation is 1. The molecule has 1 aromatic carbocycles. The second kappa shape index (κ2) is 10.1. The van der Waals surface area contributed by atoms with Crippen LogP contribution in [0.3, 0.4) is 0 Å². The van der Waals surface area contributed by atoms with Gasteiger partial charge in [-0.2, -0.15) is 0 Å². The molecule has 2 rings (SSSR count). The van der Waals surface area contributed by atoms with Crippen molar-refractivity contribution in [1.29, 1.82) is 0 Å². The summed E-state index contributed by atoms with van der Waals surface area (Å²) < 4.78 is 5.15. The quantitative estimate of drug-likeness (QED) is 0.787. The van der Waals surface area contributed by atoms with Crippen molar-refractivity contribution >= 4 is 11.8 Å². The molecule has 1 heterocycles. The zero-order valence-electron chi connectivity index (χ0n) is 15.4. The Hall–Kier alpha value is -2.04. The third-order valence-corrected chi connectivity index (χ3v) is 4.72. The summed E-state index contributed by atoms with van der Waals surface area (Å²) in [5, 5.41) is 2.99. The van der Waals surface area contributed by atoms with Crippen molar-refractivity contribution in [1.82, 2.24) is 10.2 Å². The van der Waals surface area contributed by atoms with Gasteiger partial charge in [-0.15, -0.1) is 0 Å². The first kappa shape index (κ1) is 19.3. The zero-order valence-corrected chi connectivity index (χ0v) is 15.4. The van der Waals surface area contributed by atoms with Gasteiger partial charge in [0.2, 0.25) is 11.8 Å². The number of likely N-dealkylation sites (tertiary alicyclic amines) is 1. The third-order valence-electron chi connectivity index (χ3n) is 4.72. The highest BCUT2D eigenvalue weighted by atomic mass is 16.5. The summed E-state index contributed by atoms with van der Waals surface area (Å²) in [7, 11) is 1.65. The van der Waals surface area contributed by atoms with Gasteiger partial charge < -0.3 is 15.0 Å². The molecule has 1 aromatic rings. The fourth-order valence-electron chi connectivity index (χ4n) is 3.23. The van der Waals surface area contributed by atoms with Crippen molar-refractivity contribution in [2.75, 3.05) is 26.7 Å². The molecule has 138 valence electrons. The van der Waals surface area contributed by atoms with Gasteiger partial charge in [0, 0.05) is 32.5 Å². The normalized spacial score (nSPS) is 17.2. The first-order valence-corrected chi connectivity index (χ1v) is 9.29. The van der Waals surface area contributed by atoms with Crippen molar-refractivity contribution < 1.29 is 14.3 Å². The number of rotatable bonds is 8. The van der Waals surface area contributed by atoms with Crippen LogP contribution in [0.15, 0.2) is 24.3 Å². The lowest BCUT2D eigenvalue weighted by molar-refractivity contribution is -0.132. The average molecular weight is 346 g/mol. The first-order chi connectivity index (χ1) is 12.1. The molecule has 1 aliphatic rings. The van der Waals surface area contributed by atoms with Crippen molar-refractivity contribution in [2.24, 2.45) is 5.92 Å². The van der Waals surface area contributed by atoms with E-state index in [1.807, 2.05) is 36.1 Å². The van der Waals surface area contributed by atoms with Crippen LogP contribution in [0.1, 0.15) is 44.6 Å². The maximum absolute atomic E-state index is 12.5. The molecule has 0 spiro atoms. The molecule has 1 N–H and O–H groups in total. The van der Waals surface area contributed by atoms with Crippen LogP contribution in [0.4, 0.5) is 0 Å². The molecule has 0 saturated carbocycles. The van der Waals surface area contributed by atoms with Gasteiger partial charge >= 0.3 is 0 Å². The maximum atomic E-state index is 12.5. The van der Waals surface area contributed by atoms with E-state index in [9.17, 15) is 9.59 Å². The predicted octanol–water partition coefficient (Wildman–Crippen LogP) is 2.78. The number of benzene rings is 1. The van der Waals surface area contributed by atoms with Gasteiger partial charge in [-0.3, -0.25) is 9.59 Å². The van der Waals surface area contributed by atoms with Gasteiger partial charge in [0.15, 0.2) is 0 Å². The summed E-state index contributed by atoms with van der Waals surface area (Å²) in [6.45, 7) is 4.28. The second-order valence-electron chi connectivity index (χ2n) is 6.75. The topological polar surface area (TPSA) is 58.6 Å². The van der Waals surface area contributed by atoms with Gasteiger partial charge in [-0.25, -0.2) is 0 Å². The van der Waals surface area contributed by atoms with Crippen molar-refractivity contribution in [2.45, 2.75) is 45.4 Å². The van der Waals surface area contributed by atoms with Crippen molar-refractivity contribution in [3.05, 3.63) is 29.8 Å². The molecule has 1 aliphatic heterocycles. The first-order valence-electron chi connectivity index (χ1n) is 9.29. The number of ether oxygens (including phenoxy) is 1. The molecule has 1 atom stereocenters. The molecular weight excluding hydrogens is 316 g/mol. The Kier molecular flexibility index (Phi) is 7.76. The molecule has 0 aliphatic carbocycles. The van der Waals surface area contributed by atoms with Gasteiger partial charge in [-0.05, 0) is 49.3 Å². The average Bonchev–Trinajstić information content (AvgIpc) is 2.65. The fourth-order valence-corrected chi connectivity index (χ4v) is 3.23. The van der Waals surface area contributed by atoms with Crippen LogP contribution in [0, 0.1) is 5.92 Å². The molecule has 1 saturated heterocycles. The Morgan fingerprint density at radius 1 is 1.24 bits per heavy atom. The lowest BCUT2D eigenvalue weighted by Gasteiger charge is -2.33. The summed E-state index contributed by atoms with van der Waals surface area (Å²) in [5.74, 6) is 1.53. The van der Waals surface area contributed by atoms with Gasteiger partial charge in [0.25, 0.3) is 0 Å². The number of nitrogens with one attached hydrogen (secondary N) is 1. The smallest absolute Gasteiger partial charge is 0.222 e. The Bertz CT molecular complexity index is 557. The number of carbonyl (C=O) groups is 2. The summed E-state index contributed by atoms with van der Waals surface area (Å²) in [4.78, 5) is 26.1. The summed E-state index contributed by atoms with van der Waals surface area (Å²) in [6, 6.07) is 7.87. The molecule has 0 aromatic heterocycles. The van der Waals surface area contributed by atoms with E-state index in [0.29, 0.717) is 25.3 Å². The van der Waals surface area contributed by atoms with Crippen LogP contribution < -0.4 is 10.1 Å². The molecule has 25 heavy (non-hydrogen) atoms. The van der Waals surface area contributed by atoms with Crippen LogP contribution in [0.25, 0.3) is 0 Å². The van der Waals surface area contributed by atoms with Crippen LogP contribution in [-0.4, -0.2) is 43.5 Å². The SMILES string of the molecule is CCCC(=O)NC[C@@H]1CCCN(C(=O)CCc2ccc(OC)cc2)C1. The Morgan fingerprint density at radius 2 is 2.00 bits per heavy atom. The Balaban J connectivity index is 1.75. The number of methoxy groups -OCH3 is 1. The fraction of sp³-hybridized carbons (Fsp3) is 0.600. The highest BCUT2D eigenvalue weighted by Gasteiger charge is 2.23. The highest BCUT2D eigenvalue weighted by Crippen LogP contribution is 2.18. The second-order valence-corrected chi connectivity index (χ2v) is 6.75. The van der Waals surface area contributed by atoms with E-state index in [2.05, 4.69) is 5.32 Å². The van der Waals surface area contributed by atoms with E-state index in [0.717, 1.165) is 50.1 Å². The largest absolute Gasteiger partial charge is 0.497 e. The van der Waals surface area contributed by atoms with E-state index in [1.165, 1.54) is 0 Å². The van der Waals surface area contributed by atoms with Crippen LogP contribution in [0.5, 0.6) is 5.75 Å². The molecule has 0 radical (unpaired) electrons. The van der Waals surface area contributed by atoms with Crippen LogP contribution in [-0.2, 0) is 16.0 Å². The summed E-state index contributed by atoms with van der Waals surface area (Å²) in [5.41, 5.74) is 1.15. The van der Waals surface area contributed by atoms with Crippen molar-refractivity contribution in [3.63, 3.8) is 0 Å². The molecular formula is C20H30N2O3. The van der Waals surface area contributed by atoms with Crippen LogP contribution in [0.2, 0.25) is 0 Å². The van der Waals surface area contributed by atoms with E-state index in [4.69, 9.17) is 4.74 Å². The van der Waals surface area contributed by atoms with Crippen molar-refractivity contribution in [3.8, 4) is 5.75 Å². The third kappa shape index (κ3) is 6.40. The molecule has 2 amide bonds. The Morgan fingerprint density at radius 3 is 2.68 bits per heavy atom. The number of carbonyl (C=O) groups excluding carboxylic acids is 2. The number of amides is 2. The minimum atomic E-state index is 0.116. The molecule has 5 nitrogen and oxygen atoms in total. The van der Waals surface area contributed by atoms with Gasteiger partial charge in [0.1, 0.15) is 5.75 Å². The summed E-state index contributed by atoms with van der Waals surface area (Å²) >= 11 is 0. The van der Waals surface area contributed by atoms with Crippen LogP contribution >= 0.6 is 0 Å². The van der Waals surface area contributed by atoms with Gasteiger partial charge in [0.05, 0.1) is 7.11 Å². The number of hydrogen-bond donors (Lipinski definition) is 1. The number of piperidine rings is 1. The zero-order chi connectivity index (χ0) is 18.1. The maximum Gasteiger partial charge on any atom is 0.222 e. The lowest BCUT2D eigenvalue weighted by atomic mass is 9.97. The minimum absolute atomic E-state index is 0.116.